The van der Waals surface area contributed by atoms with E-state index in [1.165, 1.54) is 89.9 Å². The highest BCUT2D eigenvalue weighted by Gasteiger charge is 2.06. The average Bonchev–Trinajstić information content (AvgIpc) is 3.08. The van der Waals surface area contributed by atoms with Crippen LogP contribution in [0.25, 0.3) is 0 Å². The Morgan fingerprint density at radius 1 is 0.408 bits per heavy atom. The fourth-order valence-corrected chi connectivity index (χ4v) is 4.54. The second kappa shape index (κ2) is 41.0. The number of aliphatic carboxylic acids is 2. The van der Waals surface area contributed by atoms with E-state index in [9.17, 15) is 28.8 Å². The highest BCUT2D eigenvalue weighted by Crippen LogP contribution is 2.10. The summed E-state index contributed by atoms with van der Waals surface area (Å²) >= 11 is 0. The summed E-state index contributed by atoms with van der Waals surface area (Å²) in [7, 11) is 0. The number of unbranched alkanes of at least 4 members (excludes halogenated alkanes) is 18. The van der Waals surface area contributed by atoms with Crippen molar-refractivity contribution in [2.75, 3.05) is 19.6 Å². The lowest BCUT2D eigenvalue weighted by Crippen LogP contribution is -2.29. The molecule has 3 amide bonds. The summed E-state index contributed by atoms with van der Waals surface area (Å²) in [6.07, 6.45) is 25.7. The number of carbonyl (C=O) groups excluding carboxylic acids is 4. The zero-order valence-electron chi connectivity index (χ0n) is 30.8. The molecule has 0 spiro atoms. The third-order valence-corrected chi connectivity index (χ3v) is 7.43. The molecule has 0 aliphatic carbocycles. The van der Waals surface area contributed by atoms with Gasteiger partial charge in [-0.2, -0.15) is 5.26 Å². The Hall–Kier alpha value is -3.22. The van der Waals surface area contributed by atoms with Gasteiger partial charge in [0.1, 0.15) is 19.6 Å². The molecule has 0 aliphatic rings. The number of hydrogen-bond acceptors (Lipinski definition) is 8. The van der Waals surface area contributed by atoms with Gasteiger partial charge in [-0.3, -0.25) is 28.9 Å². The summed E-state index contributed by atoms with van der Waals surface area (Å²) in [5, 5.41) is 31.7. The molecule has 0 atom stereocenters. The van der Waals surface area contributed by atoms with Crippen LogP contribution in [0.4, 0.5) is 0 Å². The molecule has 288 valence electrons. The maximum Gasteiger partial charge on any atom is 0.360 e. The van der Waals surface area contributed by atoms with Gasteiger partial charge in [0, 0.05) is 19.3 Å². The number of nitrogens with one attached hydrogen (secondary N) is 3. The molecule has 0 unspecified atom stereocenters. The van der Waals surface area contributed by atoms with Crippen LogP contribution in [0, 0.1) is 0 Å². The number of rotatable bonds is 30. The molecular weight excluding hydrogens is 634 g/mol. The van der Waals surface area contributed by atoms with E-state index in [4.69, 9.17) is 15.5 Å². The van der Waals surface area contributed by atoms with Crippen LogP contribution in [0.3, 0.4) is 0 Å². The summed E-state index contributed by atoms with van der Waals surface area (Å²) in [6, 6.07) is 0. The highest BCUT2D eigenvalue weighted by molar-refractivity contribution is 5.82. The fraction of sp³-hybridized carbons (Fsp3) is 0.833. The fourth-order valence-electron chi connectivity index (χ4n) is 4.54. The van der Waals surface area contributed by atoms with Gasteiger partial charge in [0.25, 0.3) is 0 Å². The smallest absolute Gasteiger partial charge is 0.360 e. The quantitative estimate of drug-likeness (QED) is 0.0259. The Labute approximate surface area is 295 Å². The van der Waals surface area contributed by atoms with Crippen LogP contribution in [0.1, 0.15) is 175 Å². The predicted molar refractivity (Wildman–Crippen MR) is 191 cm³/mol. The maximum atomic E-state index is 11.2. The first-order valence-corrected chi connectivity index (χ1v) is 18.6. The Kier molecular flexibility index (Phi) is 41.9. The monoisotopic (exact) mass is 703 g/mol. The van der Waals surface area contributed by atoms with E-state index in [1.807, 2.05) is 0 Å². The van der Waals surface area contributed by atoms with Crippen LogP contribution in [0.2, 0.25) is 0 Å². The lowest BCUT2D eigenvalue weighted by Gasteiger charge is -2.03. The molecule has 0 radical (unpaired) electrons. The molecule has 6 N–H and O–H groups in total. The van der Waals surface area contributed by atoms with Crippen LogP contribution in [-0.4, -0.2) is 70.7 Å². The Bertz CT molecular complexity index is 796. The molecule has 0 saturated carbocycles. The lowest BCUT2D eigenvalue weighted by molar-refractivity contribution is -0.233. The number of amides is 3. The van der Waals surface area contributed by atoms with Crippen molar-refractivity contribution in [3.8, 4) is 0 Å². The molecular formula is C36H69N3O10. The molecule has 0 aliphatic heterocycles. The van der Waals surface area contributed by atoms with Crippen LogP contribution >= 0.6 is 0 Å². The van der Waals surface area contributed by atoms with E-state index in [-0.39, 0.29) is 37.4 Å². The molecule has 0 aromatic rings. The van der Waals surface area contributed by atoms with Gasteiger partial charge in [-0.05, 0) is 19.3 Å². The van der Waals surface area contributed by atoms with Crippen molar-refractivity contribution >= 4 is 35.6 Å². The first kappa shape index (κ1) is 50.2. The molecule has 13 heteroatoms. The Morgan fingerprint density at radius 2 is 0.653 bits per heavy atom. The van der Waals surface area contributed by atoms with Gasteiger partial charge in [0.05, 0.1) is 0 Å². The van der Waals surface area contributed by atoms with Crippen molar-refractivity contribution < 1.29 is 49.1 Å². The van der Waals surface area contributed by atoms with Gasteiger partial charge in [-0.15, -0.1) is 0 Å². The van der Waals surface area contributed by atoms with E-state index in [0.29, 0.717) is 19.3 Å². The zero-order chi connectivity index (χ0) is 37.4. The molecule has 0 rings (SSSR count). The summed E-state index contributed by atoms with van der Waals surface area (Å²) < 4.78 is 0. The van der Waals surface area contributed by atoms with Crippen LogP contribution < -0.4 is 16.0 Å². The minimum Gasteiger partial charge on any atom is -0.480 e. The Morgan fingerprint density at radius 3 is 0.898 bits per heavy atom. The van der Waals surface area contributed by atoms with Crippen molar-refractivity contribution in [2.45, 2.75) is 175 Å². The van der Waals surface area contributed by atoms with Crippen molar-refractivity contribution in [2.24, 2.45) is 0 Å². The van der Waals surface area contributed by atoms with E-state index in [1.54, 1.807) is 0 Å². The average molecular weight is 704 g/mol. The molecule has 0 saturated heterocycles. The zero-order valence-corrected chi connectivity index (χ0v) is 30.8. The second-order valence-electron chi connectivity index (χ2n) is 12.2. The maximum absolute atomic E-state index is 11.2. The van der Waals surface area contributed by atoms with Gasteiger partial charge in [0.2, 0.25) is 17.7 Å². The number of carbonyl (C=O) groups is 6. The summed E-state index contributed by atoms with van der Waals surface area (Å²) in [6.45, 7) is 5.75. The predicted octanol–water partition coefficient (Wildman–Crippen LogP) is 6.92. The van der Waals surface area contributed by atoms with Crippen LogP contribution in [0.5, 0.6) is 0 Å². The SMILES string of the molecule is CCCCCCCCCC(=O)NCC(=O)O.CCCCCCCCCC(=O)NCC(=O)O.CCCCCCCCCC(=O)NCC(=O)OO. The van der Waals surface area contributed by atoms with Gasteiger partial charge in [0.15, 0.2) is 0 Å². The lowest BCUT2D eigenvalue weighted by atomic mass is 10.1. The van der Waals surface area contributed by atoms with Gasteiger partial charge >= 0.3 is 17.9 Å². The first-order chi connectivity index (χ1) is 23.5. The molecule has 0 aromatic carbocycles. The standard InChI is InChI=1S/C12H23NO4.2C12H23NO3/c1-2-3-4-5-6-7-8-9-11(14)13-10-12(15)17-16;2*1-2-3-4-5-6-7-8-9-11(14)13-10-12(15)16/h16H,2-10H2,1H3,(H,13,14);2*2-10H2,1H3,(H,13,14)(H,15,16). The molecule has 49 heavy (non-hydrogen) atoms. The summed E-state index contributed by atoms with van der Waals surface area (Å²) in [4.78, 5) is 67.7. The molecule has 13 nitrogen and oxygen atoms in total. The van der Waals surface area contributed by atoms with Crippen molar-refractivity contribution in [3.63, 3.8) is 0 Å². The normalized spacial score (nSPS) is 10.0. The minimum absolute atomic E-state index is 0.157. The largest absolute Gasteiger partial charge is 0.480 e. The van der Waals surface area contributed by atoms with E-state index >= 15 is 0 Å². The van der Waals surface area contributed by atoms with Crippen LogP contribution in [-0.2, 0) is 33.7 Å². The van der Waals surface area contributed by atoms with Crippen molar-refractivity contribution in [1.29, 1.82) is 0 Å². The molecule has 0 heterocycles. The van der Waals surface area contributed by atoms with Gasteiger partial charge < -0.3 is 26.2 Å². The third-order valence-electron chi connectivity index (χ3n) is 7.43. The highest BCUT2D eigenvalue weighted by atomic mass is 17.1. The van der Waals surface area contributed by atoms with Crippen LogP contribution in [0.15, 0.2) is 0 Å². The van der Waals surface area contributed by atoms with Crippen molar-refractivity contribution in [3.05, 3.63) is 0 Å². The number of carboxylic acids is 2. The third kappa shape index (κ3) is 49.3. The summed E-state index contributed by atoms with van der Waals surface area (Å²) in [5.74, 6) is -3.32. The molecule has 0 fully saturated rings. The first-order valence-electron chi connectivity index (χ1n) is 18.6. The molecule has 0 aromatic heterocycles. The van der Waals surface area contributed by atoms with E-state index in [2.05, 4.69) is 41.6 Å². The topological polar surface area (TPSA) is 208 Å². The van der Waals surface area contributed by atoms with Gasteiger partial charge in [-0.1, -0.05) is 136 Å². The minimum atomic E-state index is -0.993. The summed E-state index contributed by atoms with van der Waals surface area (Å²) in [5.41, 5.74) is 0. The Balaban J connectivity index is -0.000000648. The number of hydrogen-bond donors (Lipinski definition) is 6. The molecule has 0 bridgehead atoms. The van der Waals surface area contributed by atoms with Crippen molar-refractivity contribution in [1.82, 2.24) is 16.0 Å². The van der Waals surface area contributed by atoms with Gasteiger partial charge in [-0.25, -0.2) is 4.79 Å². The van der Waals surface area contributed by atoms with E-state index in [0.717, 1.165) is 44.9 Å². The second-order valence-corrected chi connectivity index (χ2v) is 12.2. The van der Waals surface area contributed by atoms with E-state index < -0.39 is 17.9 Å². The number of carboxylic acid groups (broad SMARTS) is 2.